The topological polar surface area (TPSA) is 41.1 Å². The molecule has 1 N–H and O–H groups in total. The summed E-state index contributed by atoms with van der Waals surface area (Å²) >= 11 is 0. The van der Waals surface area contributed by atoms with Crippen molar-refractivity contribution in [1.29, 1.82) is 0 Å². The molecule has 0 bridgehead atoms. The molecule has 0 saturated heterocycles. The van der Waals surface area contributed by atoms with Gasteiger partial charge in [-0.2, -0.15) is 0 Å². The molecule has 1 aliphatic carbocycles. The second kappa shape index (κ2) is 5.82. The van der Waals surface area contributed by atoms with E-state index in [1.807, 2.05) is 30.3 Å². The van der Waals surface area contributed by atoms with Crippen molar-refractivity contribution in [2.75, 3.05) is 11.9 Å². The molecule has 4 heteroatoms. The summed E-state index contributed by atoms with van der Waals surface area (Å²) < 4.78 is 0. The van der Waals surface area contributed by atoms with E-state index in [4.69, 9.17) is 0 Å². The fraction of sp³-hybridized carbons (Fsp3) is 0.412. The third-order valence-corrected chi connectivity index (χ3v) is 4.00. The smallest absolute Gasteiger partial charge is 0.229 e. The number of anilines is 2. The van der Waals surface area contributed by atoms with Crippen LogP contribution in [-0.2, 0) is 6.54 Å². The lowest BCUT2D eigenvalue weighted by atomic mass is 10.2. The van der Waals surface area contributed by atoms with Crippen molar-refractivity contribution in [2.45, 2.75) is 39.3 Å². The molecule has 2 aromatic rings. The Balaban J connectivity index is 1.78. The van der Waals surface area contributed by atoms with Crippen LogP contribution in [0.3, 0.4) is 0 Å². The van der Waals surface area contributed by atoms with Gasteiger partial charge in [0.1, 0.15) is 0 Å². The molecule has 110 valence electrons. The first kappa shape index (κ1) is 14.0. The number of benzene rings is 1. The Hall–Kier alpha value is -1.94. The largest absolute Gasteiger partial charge is 0.313 e. The van der Waals surface area contributed by atoms with Gasteiger partial charge in [0.2, 0.25) is 5.95 Å². The molecule has 0 radical (unpaired) electrons. The number of nitrogens with one attached hydrogen (secondary N) is 1. The molecule has 1 aromatic heterocycles. The van der Waals surface area contributed by atoms with Crippen molar-refractivity contribution in [2.24, 2.45) is 0 Å². The Morgan fingerprint density at radius 2 is 2.00 bits per heavy atom. The van der Waals surface area contributed by atoms with E-state index in [0.29, 0.717) is 6.04 Å². The standard InChI is InChI=1S/C17H22N4/c1-12-6-4-5-7-16(12)21(3)17-19-11-14(13(2)20-17)10-18-15-8-9-15/h4-7,11,15,18H,8-10H2,1-3H3. The normalized spacial score (nSPS) is 14.2. The highest BCUT2D eigenvalue weighted by molar-refractivity contribution is 5.60. The van der Waals surface area contributed by atoms with E-state index >= 15 is 0 Å². The van der Waals surface area contributed by atoms with E-state index in [0.717, 1.165) is 23.9 Å². The van der Waals surface area contributed by atoms with Crippen LogP contribution in [0.5, 0.6) is 0 Å². The molecule has 0 aliphatic heterocycles. The predicted octanol–water partition coefficient (Wildman–Crippen LogP) is 3.11. The van der Waals surface area contributed by atoms with Crippen LogP contribution in [-0.4, -0.2) is 23.1 Å². The molecular weight excluding hydrogens is 260 g/mol. The summed E-state index contributed by atoms with van der Waals surface area (Å²) in [6.07, 6.45) is 4.55. The summed E-state index contributed by atoms with van der Waals surface area (Å²) in [7, 11) is 2.01. The number of rotatable bonds is 5. The molecule has 1 fully saturated rings. The van der Waals surface area contributed by atoms with Crippen LogP contribution in [0, 0.1) is 13.8 Å². The maximum atomic E-state index is 4.66. The first-order valence-corrected chi connectivity index (χ1v) is 7.50. The summed E-state index contributed by atoms with van der Waals surface area (Å²) in [6.45, 7) is 5.03. The Morgan fingerprint density at radius 3 is 2.67 bits per heavy atom. The average molecular weight is 282 g/mol. The monoisotopic (exact) mass is 282 g/mol. The van der Waals surface area contributed by atoms with E-state index < -0.39 is 0 Å². The number of hydrogen-bond acceptors (Lipinski definition) is 4. The third-order valence-electron chi connectivity index (χ3n) is 4.00. The van der Waals surface area contributed by atoms with Gasteiger partial charge >= 0.3 is 0 Å². The van der Waals surface area contributed by atoms with Crippen molar-refractivity contribution in [3.8, 4) is 0 Å². The van der Waals surface area contributed by atoms with Crippen molar-refractivity contribution < 1.29 is 0 Å². The molecular formula is C17H22N4. The number of aromatic nitrogens is 2. The highest BCUT2D eigenvalue weighted by Gasteiger charge is 2.20. The zero-order valence-electron chi connectivity index (χ0n) is 12.9. The molecule has 1 saturated carbocycles. The van der Waals surface area contributed by atoms with Gasteiger partial charge in [0.15, 0.2) is 0 Å². The maximum Gasteiger partial charge on any atom is 0.229 e. The van der Waals surface area contributed by atoms with E-state index in [1.165, 1.54) is 24.0 Å². The first-order valence-electron chi connectivity index (χ1n) is 7.50. The quantitative estimate of drug-likeness (QED) is 0.915. The van der Waals surface area contributed by atoms with Gasteiger partial charge in [-0.1, -0.05) is 18.2 Å². The second-order valence-electron chi connectivity index (χ2n) is 5.78. The Labute approximate surface area is 126 Å². The summed E-state index contributed by atoms with van der Waals surface area (Å²) in [5.41, 5.74) is 4.60. The van der Waals surface area contributed by atoms with E-state index in [-0.39, 0.29) is 0 Å². The van der Waals surface area contributed by atoms with Gasteiger partial charge < -0.3 is 10.2 Å². The lowest BCUT2D eigenvalue weighted by molar-refractivity contribution is 0.679. The van der Waals surface area contributed by atoms with E-state index in [9.17, 15) is 0 Å². The zero-order valence-corrected chi connectivity index (χ0v) is 12.9. The highest BCUT2D eigenvalue weighted by Crippen LogP contribution is 2.24. The van der Waals surface area contributed by atoms with Crippen molar-refractivity contribution in [3.05, 3.63) is 47.3 Å². The van der Waals surface area contributed by atoms with Gasteiger partial charge in [0.05, 0.1) is 0 Å². The maximum absolute atomic E-state index is 4.66. The molecule has 0 amide bonds. The zero-order chi connectivity index (χ0) is 14.8. The lowest BCUT2D eigenvalue weighted by Gasteiger charge is -2.20. The van der Waals surface area contributed by atoms with Crippen LogP contribution >= 0.6 is 0 Å². The van der Waals surface area contributed by atoms with Crippen LogP contribution in [0.2, 0.25) is 0 Å². The average Bonchev–Trinajstić information content (AvgIpc) is 3.30. The minimum Gasteiger partial charge on any atom is -0.313 e. The molecule has 1 aliphatic rings. The molecule has 21 heavy (non-hydrogen) atoms. The molecule has 0 spiro atoms. The fourth-order valence-corrected chi connectivity index (χ4v) is 2.40. The minimum atomic E-state index is 0.707. The lowest BCUT2D eigenvalue weighted by Crippen LogP contribution is -2.19. The molecule has 0 atom stereocenters. The van der Waals surface area contributed by atoms with Gasteiger partial charge in [-0.3, -0.25) is 0 Å². The van der Waals surface area contributed by atoms with Crippen LogP contribution < -0.4 is 10.2 Å². The van der Waals surface area contributed by atoms with E-state index in [2.05, 4.69) is 41.3 Å². The van der Waals surface area contributed by atoms with Crippen molar-refractivity contribution in [1.82, 2.24) is 15.3 Å². The summed E-state index contributed by atoms with van der Waals surface area (Å²) in [5, 5.41) is 3.51. The molecule has 1 heterocycles. The SMILES string of the molecule is Cc1ccccc1N(C)c1ncc(CNC2CC2)c(C)n1. The van der Waals surface area contributed by atoms with Crippen LogP contribution in [0.1, 0.15) is 29.7 Å². The minimum absolute atomic E-state index is 0.707. The van der Waals surface area contributed by atoms with Crippen LogP contribution in [0.15, 0.2) is 30.5 Å². The molecule has 0 unspecified atom stereocenters. The number of hydrogen-bond donors (Lipinski definition) is 1. The van der Waals surface area contributed by atoms with Crippen LogP contribution in [0.4, 0.5) is 11.6 Å². The van der Waals surface area contributed by atoms with Gasteiger partial charge in [0.25, 0.3) is 0 Å². The van der Waals surface area contributed by atoms with Gasteiger partial charge in [-0.05, 0) is 38.3 Å². The number of para-hydroxylation sites is 1. The number of nitrogens with zero attached hydrogens (tertiary/aromatic N) is 3. The Bertz CT molecular complexity index is 634. The molecule has 4 nitrogen and oxygen atoms in total. The van der Waals surface area contributed by atoms with E-state index in [1.54, 1.807) is 0 Å². The first-order chi connectivity index (χ1) is 10.1. The van der Waals surface area contributed by atoms with Crippen LogP contribution in [0.25, 0.3) is 0 Å². The number of aryl methyl sites for hydroxylation is 2. The van der Waals surface area contributed by atoms with Gasteiger partial charge in [0, 0.05) is 42.8 Å². The summed E-state index contributed by atoms with van der Waals surface area (Å²) in [6, 6.07) is 8.99. The van der Waals surface area contributed by atoms with Gasteiger partial charge in [-0.15, -0.1) is 0 Å². The second-order valence-corrected chi connectivity index (χ2v) is 5.78. The summed E-state index contributed by atoms with van der Waals surface area (Å²) in [5.74, 6) is 0.747. The fourth-order valence-electron chi connectivity index (χ4n) is 2.40. The van der Waals surface area contributed by atoms with Crippen molar-refractivity contribution in [3.63, 3.8) is 0 Å². The Kier molecular flexibility index (Phi) is 3.88. The Morgan fingerprint density at radius 1 is 1.24 bits per heavy atom. The van der Waals surface area contributed by atoms with Crippen molar-refractivity contribution >= 4 is 11.6 Å². The molecule has 3 rings (SSSR count). The van der Waals surface area contributed by atoms with Gasteiger partial charge in [-0.25, -0.2) is 9.97 Å². The highest BCUT2D eigenvalue weighted by atomic mass is 15.2. The summed E-state index contributed by atoms with van der Waals surface area (Å²) in [4.78, 5) is 11.2. The third kappa shape index (κ3) is 3.22. The molecule has 1 aromatic carbocycles. The predicted molar refractivity (Wildman–Crippen MR) is 85.9 cm³/mol.